The fourth-order valence-corrected chi connectivity index (χ4v) is 9.51. The van der Waals surface area contributed by atoms with Crippen LogP contribution >= 0.6 is 0 Å². The van der Waals surface area contributed by atoms with Crippen molar-refractivity contribution in [3.63, 3.8) is 0 Å². The molecule has 3 aromatic heterocycles. The Morgan fingerprint density at radius 3 is 1.72 bits per heavy atom. The molecule has 0 spiro atoms. The number of para-hydroxylation sites is 4. The first kappa shape index (κ1) is 34.1. The van der Waals surface area contributed by atoms with Gasteiger partial charge in [0.05, 0.1) is 39.1 Å². The van der Waals surface area contributed by atoms with Gasteiger partial charge in [-0.15, -0.1) is 0 Å². The largest absolute Gasteiger partial charge is 0.309 e. The van der Waals surface area contributed by atoms with Crippen LogP contribution < -0.4 is 0 Å². The van der Waals surface area contributed by atoms with Crippen molar-refractivity contribution in [2.75, 3.05) is 0 Å². The van der Waals surface area contributed by atoms with Crippen LogP contribution in [0.1, 0.15) is 0 Å². The Labute approximate surface area is 347 Å². The van der Waals surface area contributed by atoms with Crippen LogP contribution in [0, 0.1) is 0 Å². The Morgan fingerprint density at radius 2 is 0.900 bits per heavy atom. The molecule has 0 N–H and O–H groups in total. The predicted octanol–water partition coefficient (Wildman–Crippen LogP) is 15.1. The van der Waals surface area contributed by atoms with E-state index in [1.807, 2.05) is 0 Å². The summed E-state index contributed by atoms with van der Waals surface area (Å²) in [5.74, 6) is 0. The summed E-state index contributed by atoms with van der Waals surface area (Å²) in [6, 6.07) is 81.0. The third-order valence-electron chi connectivity index (χ3n) is 12.1. The van der Waals surface area contributed by atoms with Crippen LogP contribution in [0.4, 0.5) is 0 Å². The van der Waals surface area contributed by atoms with Crippen molar-refractivity contribution in [3.05, 3.63) is 224 Å². The zero-order valence-corrected chi connectivity index (χ0v) is 32.7. The van der Waals surface area contributed by atoms with Gasteiger partial charge in [-0.3, -0.25) is 0 Å². The summed E-state index contributed by atoms with van der Waals surface area (Å²) in [6.07, 6.45) is 0. The van der Waals surface area contributed by atoms with Gasteiger partial charge in [0, 0.05) is 43.9 Å². The number of hydrogen-bond donors (Lipinski definition) is 0. The fourth-order valence-electron chi connectivity index (χ4n) is 9.51. The van der Waals surface area contributed by atoms with Gasteiger partial charge in [0.15, 0.2) is 0 Å². The minimum atomic E-state index is 0.943. The van der Waals surface area contributed by atoms with Gasteiger partial charge >= 0.3 is 0 Å². The third-order valence-corrected chi connectivity index (χ3v) is 12.1. The molecule has 60 heavy (non-hydrogen) atoms. The lowest BCUT2D eigenvalue weighted by Gasteiger charge is -2.18. The van der Waals surface area contributed by atoms with Crippen molar-refractivity contribution in [2.45, 2.75) is 0 Å². The van der Waals surface area contributed by atoms with Gasteiger partial charge in [-0.05, 0) is 76.0 Å². The highest BCUT2D eigenvalue weighted by Gasteiger charge is 2.23. The Hall–Kier alpha value is -8.01. The van der Waals surface area contributed by atoms with Crippen LogP contribution in [-0.4, -0.2) is 14.1 Å². The molecule has 3 heteroatoms. The SMILES string of the molecule is c1ccc(-c2cc(-c3ccccc3-c3ccccc3-n3c4ccccc4c4ccc5c(c6ccccc6n5-c5ccccc5)c43)cc(-c3cccc4ccccc34)n2)cc1. The maximum atomic E-state index is 5.35. The van der Waals surface area contributed by atoms with E-state index in [0.717, 1.165) is 56.1 Å². The van der Waals surface area contributed by atoms with Gasteiger partial charge in [-0.1, -0.05) is 176 Å². The van der Waals surface area contributed by atoms with Crippen LogP contribution in [0.3, 0.4) is 0 Å². The van der Waals surface area contributed by atoms with E-state index in [4.69, 9.17) is 4.98 Å². The molecule has 0 amide bonds. The van der Waals surface area contributed by atoms with Crippen molar-refractivity contribution >= 4 is 54.4 Å². The monoisotopic (exact) mass is 763 g/mol. The molecule has 0 aliphatic rings. The van der Waals surface area contributed by atoms with Gasteiger partial charge in [-0.25, -0.2) is 4.98 Å². The van der Waals surface area contributed by atoms with Crippen molar-refractivity contribution in [1.82, 2.24) is 14.1 Å². The second-order valence-electron chi connectivity index (χ2n) is 15.5. The topological polar surface area (TPSA) is 22.8 Å². The van der Waals surface area contributed by atoms with Crippen LogP contribution in [0.25, 0.3) is 111 Å². The molecule has 0 saturated heterocycles. The maximum absolute atomic E-state index is 5.35. The standard InChI is InChI=1S/C57H37N3/c1-3-19-39(20-4-1)50-36-40(37-51(58-50)45-30-17-21-38-18-7-8-24-42(38)45)43-25-9-10-26-44(43)46-27-11-14-31-52(46)60-53-32-15-12-28-47(53)48-34-35-55-56(57(48)60)49-29-13-16-33-54(49)59(55)41-22-5-2-6-23-41/h1-37H. The highest BCUT2D eigenvalue weighted by atomic mass is 15.0. The highest BCUT2D eigenvalue weighted by molar-refractivity contribution is 6.26. The number of pyridine rings is 1. The van der Waals surface area contributed by atoms with Gasteiger partial charge in [0.1, 0.15) is 0 Å². The number of aromatic nitrogens is 3. The van der Waals surface area contributed by atoms with Crippen molar-refractivity contribution in [2.24, 2.45) is 0 Å². The van der Waals surface area contributed by atoms with E-state index < -0.39 is 0 Å². The molecule has 0 bridgehead atoms. The molecule has 9 aromatic carbocycles. The molecule has 0 atom stereocenters. The predicted molar refractivity (Wildman–Crippen MR) is 252 cm³/mol. The molecule has 0 unspecified atom stereocenters. The highest BCUT2D eigenvalue weighted by Crippen LogP contribution is 2.45. The first-order valence-corrected chi connectivity index (χ1v) is 20.6. The molecular weight excluding hydrogens is 727 g/mol. The molecule has 12 aromatic rings. The van der Waals surface area contributed by atoms with E-state index >= 15 is 0 Å². The molecule has 3 heterocycles. The molecule has 280 valence electrons. The van der Waals surface area contributed by atoms with Gasteiger partial charge < -0.3 is 9.13 Å². The average Bonchev–Trinajstić information content (AvgIpc) is 3.85. The Bertz CT molecular complexity index is 3590. The molecule has 3 nitrogen and oxygen atoms in total. The lowest BCUT2D eigenvalue weighted by molar-refractivity contribution is 1.17. The minimum Gasteiger partial charge on any atom is -0.309 e. The molecule has 0 aliphatic carbocycles. The summed E-state index contributed by atoms with van der Waals surface area (Å²) in [4.78, 5) is 5.35. The second kappa shape index (κ2) is 13.8. The number of nitrogens with zero attached hydrogens (tertiary/aromatic N) is 3. The van der Waals surface area contributed by atoms with Crippen LogP contribution in [0.15, 0.2) is 224 Å². The first-order valence-electron chi connectivity index (χ1n) is 20.6. The van der Waals surface area contributed by atoms with E-state index in [0.29, 0.717) is 0 Å². The third kappa shape index (κ3) is 5.33. The molecule has 0 saturated carbocycles. The van der Waals surface area contributed by atoms with Crippen molar-refractivity contribution < 1.29 is 0 Å². The summed E-state index contributed by atoms with van der Waals surface area (Å²) >= 11 is 0. The summed E-state index contributed by atoms with van der Waals surface area (Å²) in [6.45, 7) is 0. The summed E-state index contributed by atoms with van der Waals surface area (Å²) in [5, 5.41) is 7.33. The smallest absolute Gasteiger partial charge is 0.0721 e. The van der Waals surface area contributed by atoms with E-state index in [-0.39, 0.29) is 0 Å². The molecule has 12 rings (SSSR count). The van der Waals surface area contributed by atoms with E-state index in [9.17, 15) is 0 Å². The van der Waals surface area contributed by atoms with Crippen molar-refractivity contribution in [3.8, 4) is 56.1 Å². The normalized spacial score (nSPS) is 11.7. The van der Waals surface area contributed by atoms with Gasteiger partial charge in [0.25, 0.3) is 0 Å². The Balaban J connectivity index is 1.14. The van der Waals surface area contributed by atoms with E-state index in [1.165, 1.54) is 54.4 Å². The number of hydrogen-bond acceptors (Lipinski definition) is 1. The van der Waals surface area contributed by atoms with Crippen LogP contribution in [0.2, 0.25) is 0 Å². The van der Waals surface area contributed by atoms with E-state index in [1.54, 1.807) is 0 Å². The first-order chi connectivity index (χ1) is 29.8. The number of fused-ring (bicyclic) bond motifs is 8. The Morgan fingerprint density at radius 1 is 0.317 bits per heavy atom. The lowest BCUT2D eigenvalue weighted by Crippen LogP contribution is -1.99. The second-order valence-corrected chi connectivity index (χ2v) is 15.5. The molecular formula is C57H37N3. The van der Waals surface area contributed by atoms with Crippen molar-refractivity contribution in [1.29, 1.82) is 0 Å². The fraction of sp³-hybridized carbons (Fsp3) is 0. The zero-order valence-electron chi connectivity index (χ0n) is 32.7. The van der Waals surface area contributed by atoms with Crippen LogP contribution in [-0.2, 0) is 0 Å². The summed E-state index contributed by atoms with van der Waals surface area (Å²) in [5.41, 5.74) is 15.7. The van der Waals surface area contributed by atoms with Crippen LogP contribution in [0.5, 0.6) is 0 Å². The molecule has 0 fully saturated rings. The number of benzene rings is 9. The average molecular weight is 764 g/mol. The maximum Gasteiger partial charge on any atom is 0.0721 e. The minimum absolute atomic E-state index is 0.943. The lowest BCUT2D eigenvalue weighted by atomic mass is 9.91. The quantitative estimate of drug-likeness (QED) is 0.165. The zero-order chi connectivity index (χ0) is 39.6. The Kier molecular flexibility index (Phi) is 7.85. The van der Waals surface area contributed by atoms with E-state index in [2.05, 4.69) is 234 Å². The van der Waals surface area contributed by atoms with Gasteiger partial charge in [0.2, 0.25) is 0 Å². The summed E-state index contributed by atoms with van der Waals surface area (Å²) in [7, 11) is 0. The number of rotatable bonds is 6. The molecule has 0 radical (unpaired) electrons. The van der Waals surface area contributed by atoms with Gasteiger partial charge in [-0.2, -0.15) is 0 Å². The summed E-state index contributed by atoms with van der Waals surface area (Å²) < 4.78 is 4.93. The molecule has 0 aliphatic heterocycles.